The van der Waals surface area contributed by atoms with Gasteiger partial charge in [-0.15, -0.1) is 5.53 Å². The monoisotopic (exact) mass is 367 g/mol. The first-order chi connectivity index (χ1) is 13.3. The molecule has 0 aliphatic heterocycles. The van der Waals surface area contributed by atoms with Crippen LogP contribution < -0.4 is 0 Å². The fraction of sp³-hybridized carbons (Fsp3) is 0.250. The highest BCUT2D eigenvalue weighted by Crippen LogP contribution is 2.23. The van der Waals surface area contributed by atoms with Gasteiger partial charge in [-0.3, -0.25) is 0 Å². The van der Waals surface area contributed by atoms with E-state index < -0.39 is 0 Å². The van der Waals surface area contributed by atoms with E-state index in [9.17, 15) is 0 Å². The normalized spacial score (nSPS) is 8.48. The molecule has 0 saturated carbocycles. The Labute approximate surface area is 160 Å². The summed E-state index contributed by atoms with van der Waals surface area (Å²) in [7, 11) is 0. The van der Waals surface area contributed by atoms with E-state index in [0.717, 1.165) is 16.9 Å². The number of nitrogens with one attached hydrogen (secondary N) is 4. The summed E-state index contributed by atoms with van der Waals surface area (Å²) in [5.74, 6) is 0.901. The van der Waals surface area contributed by atoms with Crippen molar-refractivity contribution in [2.75, 3.05) is 0 Å². The predicted molar refractivity (Wildman–Crippen MR) is 114 cm³/mol. The first kappa shape index (κ1) is 25.8. The van der Waals surface area contributed by atoms with Crippen LogP contribution in [-0.4, -0.2) is 9.97 Å². The standard InChI is InChI=1S/C16H14N2.2C2H6.HN3.H2N2/c1-2-6-16-17-14-10-9-13(11-15(14)18-16)12-7-4-3-5-8-12;2*1-2;1-3-2;1-2/h2-11H,1H3,(H,17,18);2*1-2H3;1H;1-2H/b6-2+;;;;. The van der Waals surface area contributed by atoms with Gasteiger partial charge in [0.2, 0.25) is 0 Å². The Bertz CT molecular complexity index is 802. The van der Waals surface area contributed by atoms with Crippen LogP contribution in [0.5, 0.6) is 0 Å². The quantitative estimate of drug-likeness (QED) is 0.205. The molecule has 0 aliphatic rings. The van der Waals surface area contributed by atoms with Crippen LogP contribution in [0.2, 0.25) is 0 Å². The lowest BCUT2D eigenvalue weighted by atomic mass is 10.1. The molecule has 0 amide bonds. The van der Waals surface area contributed by atoms with Gasteiger partial charge in [-0.25, -0.2) is 16.0 Å². The number of aromatic nitrogens is 2. The van der Waals surface area contributed by atoms with E-state index in [1.54, 1.807) is 4.91 Å². The summed E-state index contributed by atoms with van der Waals surface area (Å²) in [5, 5.41) is 0. The minimum Gasteiger partial charge on any atom is -0.338 e. The van der Waals surface area contributed by atoms with Gasteiger partial charge in [0.25, 0.3) is 0 Å². The van der Waals surface area contributed by atoms with Crippen LogP contribution >= 0.6 is 0 Å². The second-order valence-electron chi connectivity index (χ2n) is 4.32. The van der Waals surface area contributed by atoms with Gasteiger partial charge in [-0.2, -0.15) is 0 Å². The summed E-state index contributed by atoms with van der Waals surface area (Å²) in [5.41, 5.74) is 26.8. The van der Waals surface area contributed by atoms with Crippen molar-refractivity contribution in [2.45, 2.75) is 34.6 Å². The van der Waals surface area contributed by atoms with E-state index >= 15 is 0 Å². The summed E-state index contributed by atoms with van der Waals surface area (Å²) in [6.07, 6.45) is 3.96. The van der Waals surface area contributed by atoms with Gasteiger partial charge in [0, 0.05) is 0 Å². The van der Waals surface area contributed by atoms with Crippen molar-refractivity contribution < 1.29 is 0 Å². The van der Waals surface area contributed by atoms with Crippen molar-refractivity contribution in [2.24, 2.45) is 0 Å². The molecule has 4 N–H and O–H groups in total. The zero-order chi connectivity index (χ0) is 21.1. The summed E-state index contributed by atoms with van der Waals surface area (Å²) in [4.78, 5) is 9.55. The molecule has 0 fully saturated rings. The number of allylic oxidation sites excluding steroid dienone is 1. The third-order valence-electron chi connectivity index (χ3n) is 2.93. The highest BCUT2D eigenvalue weighted by atomic mass is 15.0. The average molecular weight is 368 g/mol. The zero-order valence-corrected chi connectivity index (χ0v) is 16.6. The molecule has 2 aromatic carbocycles. The molecule has 0 radical (unpaired) electrons. The van der Waals surface area contributed by atoms with Gasteiger partial charge in [-0.05, 0) is 46.7 Å². The van der Waals surface area contributed by atoms with Crippen LogP contribution in [0.15, 0.2) is 54.6 Å². The summed E-state index contributed by atoms with van der Waals surface area (Å²) in [6.45, 7) is 9.99. The van der Waals surface area contributed by atoms with Gasteiger partial charge in [0.05, 0.1) is 11.0 Å². The molecule has 1 aromatic heterocycles. The topological polar surface area (TPSA) is 137 Å². The number of imidazole rings is 1. The Hall–Kier alpha value is -3.44. The molecule has 3 rings (SSSR count). The Morgan fingerprint density at radius 2 is 1.52 bits per heavy atom. The van der Waals surface area contributed by atoms with Gasteiger partial charge in [0.1, 0.15) is 5.82 Å². The molecule has 1 heterocycles. The zero-order valence-electron chi connectivity index (χ0n) is 16.6. The van der Waals surface area contributed by atoms with Gasteiger partial charge in [-0.1, -0.05) is 70.2 Å². The Balaban J connectivity index is 0. The third kappa shape index (κ3) is 9.00. The van der Waals surface area contributed by atoms with E-state index in [0.29, 0.717) is 0 Å². The minimum absolute atomic E-state index is 0.901. The number of nitrogens with zero attached hydrogens (tertiary/aromatic N) is 3. The molecule has 7 nitrogen and oxygen atoms in total. The fourth-order valence-corrected chi connectivity index (χ4v) is 2.08. The van der Waals surface area contributed by atoms with Gasteiger partial charge < -0.3 is 4.98 Å². The maximum atomic E-state index is 6.86. The summed E-state index contributed by atoms with van der Waals surface area (Å²) < 4.78 is 0. The first-order valence-electron chi connectivity index (χ1n) is 8.72. The first-order valence-corrected chi connectivity index (χ1v) is 8.72. The molecule has 3 aromatic rings. The number of rotatable bonds is 2. The molecule has 27 heavy (non-hydrogen) atoms. The van der Waals surface area contributed by atoms with Crippen molar-refractivity contribution in [1.82, 2.24) is 9.97 Å². The van der Waals surface area contributed by atoms with Crippen LogP contribution in [0.4, 0.5) is 0 Å². The van der Waals surface area contributed by atoms with E-state index in [1.165, 1.54) is 11.1 Å². The number of benzene rings is 2. The van der Waals surface area contributed by atoms with Crippen molar-refractivity contribution in [1.29, 1.82) is 16.6 Å². The smallest absolute Gasteiger partial charge is 0.130 e. The van der Waals surface area contributed by atoms with Crippen LogP contribution in [0.1, 0.15) is 40.4 Å². The maximum Gasteiger partial charge on any atom is 0.130 e. The molecule has 0 bridgehead atoms. The second-order valence-corrected chi connectivity index (χ2v) is 4.32. The molecular weight excluding hydrogens is 338 g/mol. The third-order valence-corrected chi connectivity index (χ3v) is 2.93. The number of hydrogen-bond donors (Lipinski definition) is 4. The predicted octanol–water partition coefficient (Wildman–Crippen LogP) is 7.79. The Morgan fingerprint density at radius 1 is 0.963 bits per heavy atom. The molecule has 0 spiro atoms. The summed E-state index contributed by atoms with van der Waals surface area (Å²) in [6, 6.07) is 16.7. The van der Waals surface area contributed by atoms with E-state index in [2.05, 4.69) is 52.4 Å². The lowest BCUT2D eigenvalue weighted by molar-refractivity contribution is 1.05. The maximum absolute atomic E-state index is 6.86. The number of hydrogen-bond acceptors (Lipinski definition) is 4. The van der Waals surface area contributed by atoms with Crippen molar-refractivity contribution >= 4 is 17.1 Å². The van der Waals surface area contributed by atoms with Crippen molar-refractivity contribution in [3.63, 3.8) is 0 Å². The SMILES string of the molecule is C/C=C/c1nc2ccc(-c3ccccc3)cc2[nH]1.CC.CC.N=N.[N-]=[N+]=N. The minimum atomic E-state index is 0.901. The van der Waals surface area contributed by atoms with E-state index in [-0.39, 0.29) is 0 Å². The molecule has 144 valence electrons. The van der Waals surface area contributed by atoms with Crippen LogP contribution in [0, 0.1) is 16.6 Å². The average Bonchev–Trinajstić information content (AvgIpc) is 3.16. The molecule has 0 saturated heterocycles. The Kier molecular flexibility index (Phi) is 16.6. The lowest BCUT2D eigenvalue weighted by Gasteiger charge is -2.00. The summed E-state index contributed by atoms with van der Waals surface area (Å²) >= 11 is 0. The number of aromatic amines is 1. The van der Waals surface area contributed by atoms with Gasteiger partial charge in [0.15, 0.2) is 0 Å². The van der Waals surface area contributed by atoms with Crippen LogP contribution in [-0.2, 0) is 0 Å². The van der Waals surface area contributed by atoms with E-state index in [1.807, 2.05) is 52.8 Å². The van der Waals surface area contributed by atoms with Gasteiger partial charge >= 0.3 is 0 Å². The second kappa shape index (κ2) is 17.4. The van der Waals surface area contributed by atoms with E-state index in [4.69, 9.17) is 22.1 Å². The van der Waals surface area contributed by atoms with Crippen molar-refractivity contribution in [3.8, 4) is 11.1 Å². The molecule has 7 heteroatoms. The fourth-order valence-electron chi connectivity index (χ4n) is 2.08. The Morgan fingerprint density at radius 3 is 2.04 bits per heavy atom. The molecule has 0 atom stereocenters. The highest BCUT2D eigenvalue weighted by molar-refractivity contribution is 5.82. The van der Waals surface area contributed by atoms with Crippen molar-refractivity contribution in [3.05, 3.63) is 70.9 Å². The number of fused-ring (bicyclic) bond motifs is 1. The van der Waals surface area contributed by atoms with Crippen LogP contribution in [0.3, 0.4) is 0 Å². The highest BCUT2D eigenvalue weighted by Gasteiger charge is 2.02. The molecule has 0 unspecified atom stereocenters. The van der Waals surface area contributed by atoms with Crippen LogP contribution in [0.25, 0.3) is 38.7 Å². The molecule has 0 aliphatic carbocycles. The molecular formula is C20H29N7. The number of H-pyrrole nitrogens is 1. The lowest BCUT2D eigenvalue weighted by Crippen LogP contribution is -1.77. The largest absolute Gasteiger partial charge is 0.338 e.